The number of rotatable bonds is 4. The summed E-state index contributed by atoms with van der Waals surface area (Å²) in [7, 11) is 0. The Bertz CT molecular complexity index is 625. The number of nitro benzene ring substituents is 1. The maximum Gasteiger partial charge on any atom is 0.317 e. The van der Waals surface area contributed by atoms with Crippen molar-refractivity contribution in [2.75, 3.05) is 25.0 Å². The molecule has 1 aliphatic rings. The Hall–Kier alpha value is -2.82. The fraction of sp³-hybridized carbons (Fsp3) is 0.429. The fourth-order valence-electron chi connectivity index (χ4n) is 2.43. The number of likely N-dealkylation sites (tertiary alicyclic amines) is 1. The molecule has 116 valence electrons. The van der Waals surface area contributed by atoms with Crippen LogP contribution in [0.4, 0.5) is 16.2 Å². The third-order valence-electron chi connectivity index (χ3n) is 3.49. The van der Waals surface area contributed by atoms with Gasteiger partial charge in [0.05, 0.1) is 16.6 Å². The van der Waals surface area contributed by atoms with Gasteiger partial charge >= 0.3 is 6.03 Å². The van der Waals surface area contributed by atoms with Gasteiger partial charge in [-0.15, -0.1) is 0 Å². The molecule has 1 fully saturated rings. The van der Waals surface area contributed by atoms with E-state index in [9.17, 15) is 14.9 Å². The van der Waals surface area contributed by atoms with E-state index in [0.717, 1.165) is 0 Å². The smallest absolute Gasteiger partial charge is 0.317 e. The summed E-state index contributed by atoms with van der Waals surface area (Å²) < 4.78 is 0. The quantitative estimate of drug-likeness (QED) is 0.649. The third kappa shape index (κ3) is 3.44. The standard InChI is InChI=1S/C14H17N5O3/c1-2-16-14(20)18-6-5-11(9-18)17-12-7-10(8-15)3-4-13(12)19(21)22/h3-4,7,11,17H,2,5-6,9H2,1H3,(H,16,20)/t11-/m1/s1. The maximum absolute atomic E-state index is 11.8. The molecule has 0 spiro atoms. The second kappa shape index (κ2) is 6.76. The molecule has 1 aromatic carbocycles. The lowest BCUT2D eigenvalue weighted by Crippen LogP contribution is -2.39. The first-order chi connectivity index (χ1) is 10.5. The highest BCUT2D eigenvalue weighted by molar-refractivity contribution is 5.74. The summed E-state index contributed by atoms with van der Waals surface area (Å²) in [6.45, 7) is 3.47. The van der Waals surface area contributed by atoms with E-state index < -0.39 is 4.92 Å². The number of urea groups is 1. The van der Waals surface area contributed by atoms with Crippen LogP contribution in [0.3, 0.4) is 0 Å². The van der Waals surface area contributed by atoms with Crippen LogP contribution in [0.5, 0.6) is 0 Å². The van der Waals surface area contributed by atoms with Crippen molar-refractivity contribution in [2.24, 2.45) is 0 Å². The van der Waals surface area contributed by atoms with Crippen LogP contribution in [-0.4, -0.2) is 41.5 Å². The molecule has 2 amide bonds. The Labute approximate surface area is 127 Å². The largest absolute Gasteiger partial charge is 0.375 e. The number of nitrogens with zero attached hydrogens (tertiary/aromatic N) is 3. The zero-order valence-electron chi connectivity index (χ0n) is 12.2. The average molecular weight is 303 g/mol. The van der Waals surface area contributed by atoms with Crippen LogP contribution in [0.15, 0.2) is 18.2 Å². The number of carbonyl (C=O) groups is 1. The van der Waals surface area contributed by atoms with Gasteiger partial charge in [0.2, 0.25) is 0 Å². The van der Waals surface area contributed by atoms with Crippen molar-refractivity contribution in [2.45, 2.75) is 19.4 Å². The summed E-state index contributed by atoms with van der Waals surface area (Å²) in [5.41, 5.74) is 0.592. The van der Waals surface area contributed by atoms with Gasteiger partial charge in [0.25, 0.3) is 5.69 Å². The van der Waals surface area contributed by atoms with Gasteiger partial charge in [0.15, 0.2) is 0 Å². The number of nitriles is 1. The summed E-state index contributed by atoms with van der Waals surface area (Å²) in [5.74, 6) is 0. The average Bonchev–Trinajstić information content (AvgIpc) is 2.95. The number of carbonyl (C=O) groups excluding carboxylic acids is 1. The Morgan fingerprint density at radius 1 is 1.59 bits per heavy atom. The number of hydrogen-bond donors (Lipinski definition) is 2. The number of benzene rings is 1. The van der Waals surface area contributed by atoms with Crippen molar-refractivity contribution in [1.29, 1.82) is 5.26 Å². The second-order valence-corrected chi connectivity index (χ2v) is 5.01. The zero-order chi connectivity index (χ0) is 16.1. The molecule has 0 bridgehead atoms. The van der Waals surface area contributed by atoms with Crippen LogP contribution in [0, 0.1) is 21.4 Å². The maximum atomic E-state index is 11.8. The highest BCUT2D eigenvalue weighted by atomic mass is 16.6. The van der Waals surface area contributed by atoms with Gasteiger partial charge in [-0.05, 0) is 25.5 Å². The van der Waals surface area contributed by atoms with Gasteiger partial charge in [-0.2, -0.15) is 5.26 Å². The summed E-state index contributed by atoms with van der Waals surface area (Å²) in [5, 5.41) is 25.8. The normalized spacial score (nSPS) is 16.9. The molecule has 1 atom stereocenters. The zero-order valence-corrected chi connectivity index (χ0v) is 12.2. The fourth-order valence-corrected chi connectivity index (χ4v) is 2.43. The van der Waals surface area contributed by atoms with Gasteiger partial charge in [0, 0.05) is 31.7 Å². The Morgan fingerprint density at radius 3 is 3.00 bits per heavy atom. The van der Waals surface area contributed by atoms with Crippen LogP contribution in [0.25, 0.3) is 0 Å². The first-order valence-electron chi connectivity index (χ1n) is 7.03. The molecule has 1 aliphatic heterocycles. The molecule has 22 heavy (non-hydrogen) atoms. The molecule has 8 nitrogen and oxygen atoms in total. The molecule has 2 rings (SSSR count). The second-order valence-electron chi connectivity index (χ2n) is 5.01. The lowest BCUT2D eigenvalue weighted by Gasteiger charge is -2.18. The third-order valence-corrected chi connectivity index (χ3v) is 3.49. The topological polar surface area (TPSA) is 111 Å². The first kappa shape index (κ1) is 15.6. The minimum atomic E-state index is -0.486. The lowest BCUT2D eigenvalue weighted by atomic mass is 10.1. The van der Waals surface area contributed by atoms with E-state index in [1.807, 2.05) is 13.0 Å². The van der Waals surface area contributed by atoms with E-state index in [1.165, 1.54) is 18.2 Å². The predicted octanol–water partition coefficient (Wildman–Crippen LogP) is 1.68. The van der Waals surface area contributed by atoms with Crippen LogP contribution in [-0.2, 0) is 0 Å². The van der Waals surface area contributed by atoms with E-state index >= 15 is 0 Å². The van der Waals surface area contributed by atoms with Crippen LogP contribution in [0.1, 0.15) is 18.9 Å². The van der Waals surface area contributed by atoms with E-state index in [4.69, 9.17) is 5.26 Å². The van der Waals surface area contributed by atoms with Gasteiger partial charge in [-0.25, -0.2) is 4.79 Å². The van der Waals surface area contributed by atoms with Crippen molar-refractivity contribution in [3.8, 4) is 6.07 Å². The minimum absolute atomic E-state index is 0.0736. The molecule has 2 N–H and O–H groups in total. The monoisotopic (exact) mass is 303 g/mol. The van der Waals surface area contributed by atoms with Crippen molar-refractivity contribution >= 4 is 17.4 Å². The predicted molar refractivity (Wildman–Crippen MR) is 80.5 cm³/mol. The van der Waals surface area contributed by atoms with Crippen LogP contribution >= 0.6 is 0 Å². The molecule has 0 unspecified atom stereocenters. The van der Waals surface area contributed by atoms with Crippen molar-refractivity contribution in [1.82, 2.24) is 10.2 Å². The number of nitrogens with one attached hydrogen (secondary N) is 2. The van der Waals surface area contributed by atoms with E-state index in [0.29, 0.717) is 37.3 Å². The van der Waals surface area contributed by atoms with Gasteiger partial charge in [-0.3, -0.25) is 10.1 Å². The number of amides is 2. The Kier molecular flexibility index (Phi) is 4.78. The summed E-state index contributed by atoms with van der Waals surface area (Å²) in [6, 6.07) is 5.96. The highest BCUT2D eigenvalue weighted by Gasteiger charge is 2.27. The van der Waals surface area contributed by atoms with Crippen molar-refractivity contribution in [3.63, 3.8) is 0 Å². The number of anilines is 1. The molecule has 0 saturated carbocycles. The van der Waals surface area contributed by atoms with Gasteiger partial charge in [0.1, 0.15) is 5.69 Å². The lowest BCUT2D eigenvalue weighted by molar-refractivity contribution is -0.384. The molecular weight excluding hydrogens is 286 g/mol. The minimum Gasteiger partial charge on any atom is -0.375 e. The van der Waals surface area contributed by atoms with E-state index in [1.54, 1.807) is 4.90 Å². The molecule has 0 radical (unpaired) electrons. The summed E-state index contributed by atoms with van der Waals surface area (Å²) in [4.78, 5) is 24.0. The molecule has 0 aliphatic carbocycles. The number of hydrogen-bond acceptors (Lipinski definition) is 5. The Morgan fingerprint density at radius 2 is 2.36 bits per heavy atom. The summed E-state index contributed by atoms with van der Waals surface area (Å²) in [6.07, 6.45) is 0.699. The summed E-state index contributed by atoms with van der Waals surface area (Å²) >= 11 is 0. The SMILES string of the molecule is CCNC(=O)N1CC[C@@H](Nc2cc(C#N)ccc2[N+](=O)[O-])C1. The number of nitro groups is 1. The molecule has 0 aromatic heterocycles. The van der Waals surface area contributed by atoms with Gasteiger partial charge in [-0.1, -0.05) is 0 Å². The molecule has 1 saturated heterocycles. The molecular formula is C14H17N5O3. The molecule has 1 heterocycles. The van der Waals surface area contributed by atoms with Crippen molar-refractivity contribution in [3.05, 3.63) is 33.9 Å². The van der Waals surface area contributed by atoms with E-state index in [-0.39, 0.29) is 17.8 Å². The Balaban J connectivity index is 2.10. The highest BCUT2D eigenvalue weighted by Crippen LogP contribution is 2.27. The van der Waals surface area contributed by atoms with Crippen LogP contribution in [0.2, 0.25) is 0 Å². The van der Waals surface area contributed by atoms with Crippen LogP contribution < -0.4 is 10.6 Å². The van der Waals surface area contributed by atoms with E-state index in [2.05, 4.69) is 10.6 Å². The van der Waals surface area contributed by atoms with Gasteiger partial charge < -0.3 is 15.5 Å². The molecule has 8 heteroatoms. The van der Waals surface area contributed by atoms with Crippen molar-refractivity contribution < 1.29 is 9.72 Å². The molecule has 1 aromatic rings. The first-order valence-corrected chi connectivity index (χ1v) is 7.03.